The number of fused-ring (bicyclic) bond motifs is 9. The lowest BCUT2D eigenvalue weighted by Crippen LogP contribution is -2.04. The maximum Gasteiger partial charge on any atom is 0.166 e. The topological polar surface area (TPSA) is 61.7 Å². The summed E-state index contributed by atoms with van der Waals surface area (Å²) in [5, 5.41) is 6.99. The Hall–Kier alpha value is -8.61. The molecule has 0 amide bonds. The van der Waals surface area contributed by atoms with Gasteiger partial charge < -0.3 is 13.6 Å². The molecule has 63 heavy (non-hydrogen) atoms. The first-order valence-electron chi connectivity index (χ1n) is 21.2. The minimum Gasteiger partial charge on any atom is -0.456 e. The summed E-state index contributed by atoms with van der Waals surface area (Å²) in [4.78, 5) is 15.6. The third-order valence-corrected chi connectivity index (χ3v) is 12.4. The average Bonchev–Trinajstić information content (AvgIpc) is 4.01. The van der Waals surface area contributed by atoms with Gasteiger partial charge in [0, 0.05) is 54.7 Å². The van der Waals surface area contributed by atoms with Crippen molar-refractivity contribution in [3.05, 3.63) is 212 Å². The lowest BCUT2D eigenvalue weighted by molar-refractivity contribution is 0.669. The summed E-state index contributed by atoms with van der Waals surface area (Å²) in [6.07, 6.45) is 0. The number of aromatic nitrogens is 5. The van der Waals surface area contributed by atoms with Gasteiger partial charge in [0.25, 0.3) is 0 Å². The van der Waals surface area contributed by atoms with E-state index in [-0.39, 0.29) is 0 Å². The third-order valence-electron chi connectivity index (χ3n) is 12.4. The number of hydrogen-bond acceptors (Lipinski definition) is 4. The molecule has 0 unspecified atom stereocenters. The van der Waals surface area contributed by atoms with E-state index in [2.05, 4.69) is 173 Å². The summed E-state index contributed by atoms with van der Waals surface area (Å²) in [6.45, 7) is 0. The summed E-state index contributed by atoms with van der Waals surface area (Å²) < 4.78 is 11.1. The molecule has 0 N–H and O–H groups in total. The third kappa shape index (κ3) is 5.62. The van der Waals surface area contributed by atoms with E-state index in [1.807, 2.05) is 48.5 Å². The van der Waals surface area contributed by atoms with Gasteiger partial charge in [-0.3, -0.25) is 0 Å². The Kier molecular flexibility index (Phi) is 7.80. The Morgan fingerprint density at radius 3 is 1.46 bits per heavy atom. The largest absolute Gasteiger partial charge is 0.456 e. The number of nitrogens with zero attached hydrogens (tertiary/aromatic N) is 5. The van der Waals surface area contributed by atoms with Crippen LogP contribution in [0.15, 0.2) is 217 Å². The normalized spacial score (nSPS) is 11.8. The van der Waals surface area contributed by atoms with Crippen molar-refractivity contribution in [2.24, 2.45) is 0 Å². The van der Waals surface area contributed by atoms with E-state index in [0.29, 0.717) is 17.5 Å². The molecule has 0 spiro atoms. The molecular formula is C57H35N5O. The van der Waals surface area contributed by atoms with Gasteiger partial charge in [0.1, 0.15) is 11.2 Å². The zero-order chi connectivity index (χ0) is 41.4. The second-order valence-electron chi connectivity index (χ2n) is 16.0. The predicted octanol–water partition coefficient (Wildman–Crippen LogP) is 14.6. The molecule has 294 valence electrons. The van der Waals surface area contributed by atoms with Crippen LogP contribution in [0, 0.1) is 0 Å². The van der Waals surface area contributed by atoms with Crippen LogP contribution < -0.4 is 0 Å². The fraction of sp³-hybridized carbons (Fsp3) is 0. The molecule has 0 saturated carbocycles. The second kappa shape index (κ2) is 14.0. The van der Waals surface area contributed by atoms with Gasteiger partial charge in [0.05, 0.1) is 27.8 Å². The van der Waals surface area contributed by atoms with Gasteiger partial charge >= 0.3 is 0 Å². The number of benzene rings is 9. The number of hydrogen-bond donors (Lipinski definition) is 0. The highest BCUT2D eigenvalue weighted by molar-refractivity contribution is 6.13. The number of furan rings is 1. The first-order chi connectivity index (χ1) is 31.2. The van der Waals surface area contributed by atoms with Crippen LogP contribution in [0.5, 0.6) is 0 Å². The predicted molar refractivity (Wildman–Crippen MR) is 258 cm³/mol. The Bertz CT molecular complexity index is 3810. The van der Waals surface area contributed by atoms with Crippen molar-refractivity contribution in [3.8, 4) is 56.7 Å². The molecule has 6 heteroatoms. The lowest BCUT2D eigenvalue weighted by Gasteiger charge is -2.16. The highest BCUT2D eigenvalue weighted by Crippen LogP contribution is 2.41. The average molecular weight is 806 g/mol. The molecule has 4 heterocycles. The molecule has 0 fully saturated rings. The molecule has 0 bridgehead atoms. The van der Waals surface area contributed by atoms with Crippen molar-refractivity contribution >= 4 is 65.6 Å². The van der Waals surface area contributed by atoms with Crippen LogP contribution in [-0.4, -0.2) is 24.1 Å². The summed E-state index contributed by atoms with van der Waals surface area (Å²) in [6, 6.07) is 74.5. The monoisotopic (exact) mass is 805 g/mol. The van der Waals surface area contributed by atoms with E-state index < -0.39 is 0 Å². The van der Waals surface area contributed by atoms with Gasteiger partial charge in [0.2, 0.25) is 0 Å². The lowest BCUT2D eigenvalue weighted by atomic mass is 9.99. The number of rotatable bonds is 6. The molecule has 4 aromatic heterocycles. The zero-order valence-electron chi connectivity index (χ0n) is 33.9. The van der Waals surface area contributed by atoms with Crippen molar-refractivity contribution in [1.82, 2.24) is 24.1 Å². The summed E-state index contributed by atoms with van der Waals surface area (Å²) in [5.41, 5.74) is 13.1. The highest BCUT2D eigenvalue weighted by atomic mass is 16.3. The van der Waals surface area contributed by atoms with E-state index in [4.69, 9.17) is 19.4 Å². The van der Waals surface area contributed by atoms with Gasteiger partial charge in [-0.15, -0.1) is 0 Å². The first kappa shape index (κ1) is 35.2. The smallest absolute Gasteiger partial charge is 0.166 e. The van der Waals surface area contributed by atoms with E-state index in [0.717, 1.165) is 82.9 Å². The standard InChI is InChI=1S/C57H35N5O/c1-3-15-36(16-4-1)55-58-56(37-17-5-2-6-18-37)60-57(59-55)47-33-38(39-27-30-45-44-22-10-14-26-53(44)63-54(45)34-39)28-31-52(47)62-50-25-13-9-21-43(50)46-35-40(29-32-51(46)62)61-48-23-11-7-19-41(48)42-20-8-12-24-49(42)61/h1-35H. The van der Waals surface area contributed by atoms with E-state index >= 15 is 0 Å². The van der Waals surface area contributed by atoms with Gasteiger partial charge in [-0.05, 0) is 77.9 Å². The van der Waals surface area contributed by atoms with Crippen LogP contribution in [-0.2, 0) is 0 Å². The van der Waals surface area contributed by atoms with Gasteiger partial charge in [-0.2, -0.15) is 0 Å². The van der Waals surface area contributed by atoms with Crippen LogP contribution in [0.4, 0.5) is 0 Å². The SMILES string of the molecule is c1ccc(-c2nc(-c3ccccc3)nc(-c3cc(-c4ccc5c(c4)oc4ccccc45)ccc3-n3c4ccccc4c4cc(-n5c6ccccc6c6ccccc65)ccc43)n2)cc1. The Morgan fingerprint density at radius 1 is 0.302 bits per heavy atom. The quantitative estimate of drug-likeness (QED) is 0.168. The summed E-state index contributed by atoms with van der Waals surface area (Å²) >= 11 is 0. The van der Waals surface area contributed by atoms with E-state index in [1.165, 1.54) is 21.8 Å². The fourth-order valence-corrected chi connectivity index (χ4v) is 9.48. The van der Waals surface area contributed by atoms with Crippen molar-refractivity contribution in [2.75, 3.05) is 0 Å². The minimum atomic E-state index is 0.581. The van der Waals surface area contributed by atoms with Crippen LogP contribution in [0.3, 0.4) is 0 Å². The van der Waals surface area contributed by atoms with Gasteiger partial charge in [-0.25, -0.2) is 15.0 Å². The highest BCUT2D eigenvalue weighted by Gasteiger charge is 2.22. The van der Waals surface area contributed by atoms with E-state index in [1.54, 1.807) is 0 Å². The molecule has 0 aliphatic rings. The van der Waals surface area contributed by atoms with Crippen LogP contribution >= 0.6 is 0 Å². The fourth-order valence-electron chi connectivity index (χ4n) is 9.48. The number of para-hydroxylation sites is 4. The van der Waals surface area contributed by atoms with E-state index in [9.17, 15) is 0 Å². The first-order valence-corrected chi connectivity index (χ1v) is 21.2. The summed E-state index contributed by atoms with van der Waals surface area (Å²) in [5.74, 6) is 1.80. The minimum absolute atomic E-state index is 0.581. The maximum absolute atomic E-state index is 6.38. The van der Waals surface area contributed by atoms with Crippen molar-refractivity contribution in [3.63, 3.8) is 0 Å². The molecule has 0 aliphatic heterocycles. The Balaban J connectivity index is 1.07. The van der Waals surface area contributed by atoms with Gasteiger partial charge in [-0.1, -0.05) is 146 Å². The van der Waals surface area contributed by atoms with Crippen LogP contribution in [0.2, 0.25) is 0 Å². The molecule has 6 nitrogen and oxygen atoms in total. The second-order valence-corrected chi connectivity index (χ2v) is 16.0. The van der Waals surface area contributed by atoms with Crippen molar-refractivity contribution in [1.29, 1.82) is 0 Å². The zero-order valence-corrected chi connectivity index (χ0v) is 33.9. The molecule has 9 aromatic carbocycles. The molecule has 0 saturated heterocycles. The molecule has 13 aromatic rings. The Morgan fingerprint density at radius 2 is 0.794 bits per heavy atom. The molecule has 0 atom stereocenters. The maximum atomic E-state index is 6.38. The van der Waals surface area contributed by atoms with Gasteiger partial charge in [0.15, 0.2) is 17.5 Å². The van der Waals surface area contributed by atoms with Crippen LogP contribution in [0.1, 0.15) is 0 Å². The van der Waals surface area contributed by atoms with Crippen molar-refractivity contribution in [2.45, 2.75) is 0 Å². The van der Waals surface area contributed by atoms with Crippen molar-refractivity contribution < 1.29 is 4.42 Å². The van der Waals surface area contributed by atoms with Crippen LogP contribution in [0.25, 0.3) is 122 Å². The molecular weight excluding hydrogens is 771 g/mol. The summed E-state index contributed by atoms with van der Waals surface area (Å²) in [7, 11) is 0. The molecule has 13 rings (SSSR count). The molecule has 0 radical (unpaired) electrons. The molecule has 0 aliphatic carbocycles. The Labute approximate surface area is 361 Å².